The largest absolute Gasteiger partial charge is 0.373 e. The highest BCUT2D eigenvalue weighted by molar-refractivity contribution is 6.20. The molecule has 0 aromatic rings. The van der Waals surface area contributed by atoms with Gasteiger partial charge in [-0.2, -0.15) is 0 Å². The van der Waals surface area contributed by atoms with Crippen LogP contribution in [-0.4, -0.2) is 79.2 Å². The molecule has 4 heterocycles. The summed E-state index contributed by atoms with van der Waals surface area (Å²) in [7, 11) is 0. The molecule has 0 radical (unpaired) electrons. The van der Waals surface area contributed by atoms with Crippen molar-refractivity contribution in [1.82, 2.24) is 20.9 Å². The van der Waals surface area contributed by atoms with Gasteiger partial charge in [0.15, 0.2) is 0 Å². The standard InChI is InChI=1S/C20H35ClN4O2/c21-13-4-7-18-24-19(15-3-1-2-8-22-15)20(25(18)12-13)23-14-5-6-16-17(11-14)27-10-9-26-16/h13-20,22-24H,1-12H2. The van der Waals surface area contributed by atoms with Crippen molar-refractivity contribution < 1.29 is 9.47 Å². The first-order valence-corrected chi connectivity index (χ1v) is 11.6. The number of ether oxygens (including phenoxy) is 2. The van der Waals surface area contributed by atoms with Crippen LogP contribution < -0.4 is 16.0 Å². The zero-order chi connectivity index (χ0) is 18.2. The summed E-state index contributed by atoms with van der Waals surface area (Å²) in [6.45, 7) is 3.64. The third kappa shape index (κ3) is 4.04. The van der Waals surface area contributed by atoms with E-state index in [0.29, 0.717) is 36.6 Å². The first-order valence-electron chi connectivity index (χ1n) is 11.2. The van der Waals surface area contributed by atoms with Gasteiger partial charge >= 0.3 is 0 Å². The maximum Gasteiger partial charge on any atom is 0.0852 e. The number of hydrogen-bond donors (Lipinski definition) is 3. The Morgan fingerprint density at radius 2 is 1.85 bits per heavy atom. The van der Waals surface area contributed by atoms with Crippen LogP contribution in [0.3, 0.4) is 0 Å². The Balaban J connectivity index is 1.29. The molecule has 7 heteroatoms. The molecule has 0 amide bonds. The van der Waals surface area contributed by atoms with E-state index in [1.54, 1.807) is 0 Å². The molecule has 154 valence electrons. The monoisotopic (exact) mass is 398 g/mol. The van der Waals surface area contributed by atoms with Crippen LogP contribution in [0.1, 0.15) is 51.4 Å². The van der Waals surface area contributed by atoms with E-state index >= 15 is 0 Å². The van der Waals surface area contributed by atoms with Crippen molar-refractivity contribution in [3.8, 4) is 0 Å². The molecule has 3 N–H and O–H groups in total. The first-order chi connectivity index (χ1) is 13.3. The van der Waals surface area contributed by atoms with E-state index in [0.717, 1.165) is 52.0 Å². The average molecular weight is 399 g/mol. The number of piperidine rings is 2. The van der Waals surface area contributed by atoms with Crippen LogP contribution in [0.25, 0.3) is 0 Å². The number of alkyl halides is 1. The SMILES string of the molecule is ClC1CCC2NC(C3CCCCN3)C(NC3CCC4OCCOC4C3)N2C1. The fraction of sp³-hybridized carbons (Fsp3) is 1.00. The van der Waals surface area contributed by atoms with E-state index in [1.165, 1.54) is 25.7 Å². The highest BCUT2D eigenvalue weighted by Gasteiger charge is 2.47. The van der Waals surface area contributed by atoms with Crippen LogP contribution >= 0.6 is 11.6 Å². The highest BCUT2D eigenvalue weighted by atomic mass is 35.5. The molecule has 5 rings (SSSR count). The number of hydrogen-bond acceptors (Lipinski definition) is 6. The minimum Gasteiger partial charge on any atom is -0.373 e. The van der Waals surface area contributed by atoms with Gasteiger partial charge in [-0.25, -0.2) is 0 Å². The number of fused-ring (bicyclic) bond motifs is 2. The molecular weight excluding hydrogens is 364 g/mol. The molecule has 4 saturated heterocycles. The summed E-state index contributed by atoms with van der Waals surface area (Å²) in [6, 6.07) is 1.51. The van der Waals surface area contributed by atoms with E-state index in [2.05, 4.69) is 20.9 Å². The molecule has 1 saturated carbocycles. The molecule has 6 nitrogen and oxygen atoms in total. The Kier molecular flexibility index (Phi) is 5.94. The van der Waals surface area contributed by atoms with Crippen molar-refractivity contribution in [3.63, 3.8) is 0 Å². The molecule has 4 aliphatic heterocycles. The summed E-state index contributed by atoms with van der Waals surface area (Å²) < 4.78 is 11.9. The van der Waals surface area contributed by atoms with Crippen LogP contribution in [0.15, 0.2) is 0 Å². The molecule has 0 aromatic carbocycles. The molecule has 0 aromatic heterocycles. The summed E-state index contributed by atoms with van der Waals surface area (Å²) in [6.07, 6.45) is 10.9. The lowest BCUT2D eigenvalue weighted by molar-refractivity contribution is -0.158. The molecule has 8 atom stereocenters. The van der Waals surface area contributed by atoms with Crippen molar-refractivity contribution >= 4 is 11.6 Å². The second kappa shape index (κ2) is 8.42. The lowest BCUT2D eigenvalue weighted by Gasteiger charge is -2.43. The van der Waals surface area contributed by atoms with Gasteiger partial charge in [0.2, 0.25) is 0 Å². The molecule has 1 aliphatic carbocycles. The van der Waals surface area contributed by atoms with Gasteiger partial charge < -0.3 is 14.8 Å². The molecule has 5 aliphatic rings. The van der Waals surface area contributed by atoms with E-state index in [-0.39, 0.29) is 11.5 Å². The van der Waals surface area contributed by atoms with Gasteiger partial charge in [-0.05, 0) is 51.5 Å². The van der Waals surface area contributed by atoms with Gasteiger partial charge in [-0.3, -0.25) is 15.5 Å². The molecular formula is C20H35ClN4O2. The quantitative estimate of drug-likeness (QED) is 0.624. The Morgan fingerprint density at radius 3 is 2.70 bits per heavy atom. The van der Waals surface area contributed by atoms with E-state index < -0.39 is 0 Å². The Bertz CT molecular complexity index is 506. The molecule has 5 fully saturated rings. The average Bonchev–Trinajstić information content (AvgIpc) is 3.06. The predicted octanol–water partition coefficient (Wildman–Crippen LogP) is 1.38. The fourth-order valence-electron chi connectivity index (χ4n) is 5.94. The first kappa shape index (κ1) is 19.0. The van der Waals surface area contributed by atoms with Gasteiger partial charge in [-0.15, -0.1) is 11.6 Å². The van der Waals surface area contributed by atoms with E-state index in [1.807, 2.05) is 0 Å². The van der Waals surface area contributed by atoms with Crippen LogP contribution in [-0.2, 0) is 9.47 Å². The van der Waals surface area contributed by atoms with Gasteiger partial charge in [0, 0.05) is 24.0 Å². The summed E-state index contributed by atoms with van der Waals surface area (Å²) in [5.74, 6) is 0. The highest BCUT2D eigenvalue weighted by Crippen LogP contribution is 2.32. The Labute approximate surface area is 168 Å². The third-order valence-corrected chi connectivity index (χ3v) is 7.67. The maximum atomic E-state index is 6.57. The normalized spacial score (nSPS) is 48.8. The third-order valence-electron chi connectivity index (χ3n) is 7.31. The summed E-state index contributed by atoms with van der Waals surface area (Å²) in [5, 5.41) is 12.1. The van der Waals surface area contributed by atoms with Crippen molar-refractivity contribution in [1.29, 1.82) is 0 Å². The second-order valence-corrected chi connectivity index (χ2v) is 9.69. The Morgan fingerprint density at radius 1 is 0.963 bits per heavy atom. The van der Waals surface area contributed by atoms with E-state index in [9.17, 15) is 0 Å². The minimum absolute atomic E-state index is 0.267. The molecule has 27 heavy (non-hydrogen) atoms. The van der Waals surface area contributed by atoms with Gasteiger partial charge in [0.05, 0.1) is 43.8 Å². The van der Waals surface area contributed by atoms with Crippen molar-refractivity contribution in [2.24, 2.45) is 0 Å². The van der Waals surface area contributed by atoms with Gasteiger partial charge in [-0.1, -0.05) is 6.42 Å². The van der Waals surface area contributed by atoms with Crippen LogP contribution in [0.4, 0.5) is 0 Å². The summed E-state index contributed by atoms with van der Waals surface area (Å²) in [5.41, 5.74) is 0. The number of halogens is 1. The number of nitrogens with zero attached hydrogens (tertiary/aromatic N) is 1. The number of rotatable bonds is 3. The lowest BCUT2D eigenvalue weighted by Crippen LogP contribution is -2.61. The van der Waals surface area contributed by atoms with Crippen LogP contribution in [0.5, 0.6) is 0 Å². The van der Waals surface area contributed by atoms with Gasteiger partial charge in [0.1, 0.15) is 0 Å². The fourth-order valence-corrected chi connectivity index (χ4v) is 6.22. The topological polar surface area (TPSA) is 57.8 Å². The van der Waals surface area contributed by atoms with Crippen molar-refractivity contribution in [2.45, 2.75) is 99.4 Å². The molecule has 8 unspecified atom stereocenters. The van der Waals surface area contributed by atoms with Crippen molar-refractivity contribution in [3.05, 3.63) is 0 Å². The second-order valence-electron chi connectivity index (χ2n) is 9.08. The zero-order valence-electron chi connectivity index (χ0n) is 16.2. The smallest absolute Gasteiger partial charge is 0.0852 e. The number of nitrogens with one attached hydrogen (secondary N) is 3. The maximum absolute atomic E-state index is 6.57. The predicted molar refractivity (Wildman–Crippen MR) is 106 cm³/mol. The summed E-state index contributed by atoms with van der Waals surface area (Å²) in [4.78, 5) is 2.62. The Hall–Kier alpha value is 0.0500. The van der Waals surface area contributed by atoms with Crippen molar-refractivity contribution in [2.75, 3.05) is 26.3 Å². The lowest BCUT2D eigenvalue weighted by atomic mass is 9.88. The zero-order valence-corrected chi connectivity index (χ0v) is 17.0. The van der Waals surface area contributed by atoms with Gasteiger partial charge in [0.25, 0.3) is 0 Å². The van der Waals surface area contributed by atoms with Crippen LogP contribution in [0.2, 0.25) is 0 Å². The van der Waals surface area contributed by atoms with E-state index in [4.69, 9.17) is 21.1 Å². The molecule has 0 bridgehead atoms. The van der Waals surface area contributed by atoms with Crippen LogP contribution in [0, 0.1) is 0 Å². The summed E-state index contributed by atoms with van der Waals surface area (Å²) >= 11 is 6.57. The molecule has 0 spiro atoms. The minimum atomic E-state index is 0.267.